The highest BCUT2D eigenvalue weighted by molar-refractivity contribution is 5.14. The minimum Gasteiger partial charge on any atom is -0.327 e. The molecule has 1 atom stereocenters. The van der Waals surface area contributed by atoms with Crippen LogP contribution in [-0.4, -0.2) is 31.1 Å². The summed E-state index contributed by atoms with van der Waals surface area (Å²) in [5.41, 5.74) is 7.52. The van der Waals surface area contributed by atoms with Gasteiger partial charge in [0.15, 0.2) is 0 Å². The summed E-state index contributed by atoms with van der Waals surface area (Å²) >= 11 is 0. The molecule has 1 rings (SSSR count). The molecule has 0 aromatic heterocycles. The molecule has 1 aromatic rings. The van der Waals surface area contributed by atoms with Crippen LogP contribution in [0.5, 0.6) is 0 Å². The van der Waals surface area contributed by atoms with Crippen molar-refractivity contribution in [3.8, 4) is 0 Å². The van der Waals surface area contributed by atoms with E-state index in [1.54, 1.807) is 0 Å². The van der Waals surface area contributed by atoms with Gasteiger partial charge >= 0.3 is 0 Å². The monoisotopic (exact) mass is 262 g/mol. The topological polar surface area (TPSA) is 29.3 Å². The van der Waals surface area contributed by atoms with Gasteiger partial charge in [-0.25, -0.2) is 0 Å². The molecule has 2 nitrogen and oxygen atoms in total. The molecule has 0 aliphatic carbocycles. The smallest absolute Gasteiger partial charge is 0.00740 e. The van der Waals surface area contributed by atoms with Crippen LogP contribution in [0.3, 0.4) is 0 Å². The molecule has 0 bridgehead atoms. The van der Waals surface area contributed by atoms with Crippen molar-refractivity contribution in [2.24, 2.45) is 11.7 Å². The second-order valence-corrected chi connectivity index (χ2v) is 5.94. The zero-order valence-corrected chi connectivity index (χ0v) is 12.8. The van der Waals surface area contributed by atoms with Crippen LogP contribution in [0.1, 0.15) is 38.7 Å². The lowest BCUT2D eigenvalue weighted by atomic mass is 10.0. The SMILES string of the molecule is CC(C)C(N)CCN(C)CCCCc1ccccc1. The van der Waals surface area contributed by atoms with E-state index in [1.165, 1.54) is 31.4 Å². The lowest BCUT2D eigenvalue weighted by Crippen LogP contribution is -2.32. The Balaban J connectivity index is 2.06. The van der Waals surface area contributed by atoms with E-state index in [-0.39, 0.29) is 0 Å². The van der Waals surface area contributed by atoms with Gasteiger partial charge in [-0.1, -0.05) is 44.2 Å². The van der Waals surface area contributed by atoms with Crippen molar-refractivity contribution in [1.29, 1.82) is 0 Å². The first-order valence-electron chi connectivity index (χ1n) is 7.57. The summed E-state index contributed by atoms with van der Waals surface area (Å²) in [5.74, 6) is 0.589. The Bertz CT molecular complexity index is 321. The molecule has 0 amide bonds. The Kier molecular flexibility index (Phi) is 7.76. The molecule has 1 aromatic carbocycles. The predicted octanol–water partition coefficient (Wildman–Crippen LogP) is 3.31. The van der Waals surface area contributed by atoms with Crippen LogP contribution in [0.2, 0.25) is 0 Å². The molecular weight excluding hydrogens is 232 g/mol. The van der Waals surface area contributed by atoms with E-state index in [2.05, 4.69) is 56.1 Å². The van der Waals surface area contributed by atoms with Gasteiger partial charge in [0.05, 0.1) is 0 Å². The molecule has 0 saturated carbocycles. The van der Waals surface area contributed by atoms with Gasteiger partial charge in [-0.05, 0) is 57.3 Å². The number of hydrogen-bond donors (Lipinski definition) is 1. The van der Waals surface area contributed by atoms with E-state index in [1.807, 2.05) is 0 Å². The zero-order chi connectivity index (χ0) is 14.1. The first kappa shape index (κ1) is 16.2. The molecule has 1 unspecified atom stereocenters. The van der Waals surface area contributed by atoms with Crippen LogP contribution in [0.4, 0.5) is 0 Å². The summed E-state index contributed by atoms with van der Waals surface area (Å²) in [7, 11) is 2.20. The van der Waals surface area contributed by atoms with Crippen molar-refractivity contribution in [3.63, 3.8) is 0 Å². The highest BCUT2D eigenvalue weighted by atomic mass is 15.1. The number of nitrogens with two attached hydrogens (primary N) is 1. The van der Waals surface area contributed by atoms with E-state index in [0.717, 1.165) is 13.0 Å². The molecule has 0 spiro atoms. The van der Waals surface area contributed by atoms with E-state index < -0.39 is 0 Å². The molecule has 0 aliphatic rings. The molecule has 2 N–H and O–H groups in total. The van der Waals surface area contributed by atoms with Crippen LogP contribution in [-0.2, 0) is 6.42 Å². The summed E-state index contributed by atoms with van der Waals surface area (Å²) in [6.07, 6.45) is 4.83. The largest absolute Gasteiger partial charge is 0.327 e. The van der Waals surface area contributed by atoms with Gasteiger partial charge in [-0.2, -0.15) is 0 Å². The maximum Gasteiger partial charge on any atom is 0.00740 e. The minimum atomic E-state index is 0.340. The van der Waals surface area contributed by atoms with Gasteiger partial charge in [0, 0.05) is 6.04 Å². The molecule has 108 valence electrons. The number of unbranched alkanes of at least 4 members (excludes halogenated alkanes) is 1. The summed E-state index contributed by atoms with van der Waals surface area (Å²) in [5, 5.41) is 0. The molecule has 0 saturated heterocycles. The highest BCUT2D eigenvalue weighted by Gasteiger charge is 2.08. The van der Waals surface area contributed by atoms with Crippen molar-refractivity contribution in [1.82, 2.24) is 4.90 Å². The van der Waals surface area contributed by atoms with Crippen LogP contribution in [0.25, 0.3) is 0 Å². The number of rotatable bonds is 9. The van der Waals surface area contributed by atoms with E-state index >= 15 is 0 Å². The Morgan fingerprint density at radius 3 is 2.37 bits per heavy atom. The van der Waals surface area contributed by atoms with E-state index in [0.29, 0.717) is 12.0 Å². The van der Waals surface area contributed by atoms with Crippen molar-refractivity contribution in [3.05, 3.63) is 35.9 Å². The lowest BCUT2D eigenvalue weighted by molar-refractivity contribution is 0.297. The first-order valence-corrected chi connectivity index (χ1v) is 7.57. The number of nitrogens with zero attached hydrogens (tertiary/aromatic N) is 1. The average molecular weight is 262 g/mol. The quantitative estimate of drug-likeness (QED) is 0.692. The van der Waals surface area contributed by atoms with Gasteiger partial charge < -0.3 is 10.6 Å². The molecule has 0 fully saturated rings. The highest BCUT2D eigenvalue weighted by Crippen LogP contribution is 2.06. The Morgan fingerprint density at radius 2 is 1.74 bits per heavy atom. The normalized spacial score (nSPS) is 13.2. The lowest BCUT2D eigenvalue weighted by Gasteiger charge is -2.21. The number of aryl methyl sites for hydroxylation is 1. The Hall–Kier alpha value is -0.860. The third kappa shape index (κ3) is 7.34. The summed E-state index contributed by atoms with van der Waals surface area (Å²) in [4.78, 5) is 2.41. The van der Waals surface area contributed by atoms with Crippen LogP contribution in [0.15, 0.2) is 30.3 Å². The fraction of sp³-hybridized carbons (Fsp3) is 0.647. The third-order valence-corrected chi connectivity index (χ3v) is 3.80. The standard InChI is InChI=1S/C17H30N2/c1-15(2)17(18)12-14-19(3)13-8-7-11-16-9-5-4-6-10-16/h4-6,9-10,15,17H,7-8,11-14,18H2,1-3H3. The molecule has 0 radical (unpaired) electrons. The van der Waals surface area contributed by atoms with Gasteiger partial charge in [-0.15, -0.1) is 0 Å². The fourth-order valence-electron chi connectivity index (χ4n) is 2.17. The number of hydrogen-bond acceptors (Lipinski definition) is 2. The molecule has 0 heterocycles. The second-order valence-electron chi connectivity index (χ2n) is 5.94. The third-order valence-electron chi connectivity index (χ3n) is 3.80. The Labute approximate surface area is 119 Å². The molecular formula is C17H30N2. The van der Waals surface area contributed by atoms with Gasteiger partial charge in [-0.3, -0.25) is 0 Å². The van der Waals surface area contributed by atoms with Crippen LogP contribution < -0.4 is 5.73 Å². The molecule has 2 heteroatoms. The van der Waals surface area contributed by atoms with E-state index in [4.69, 9.17) is 5.73 Å². The number of benzene rings is 1. The zero-order valence-electron chi connectivity index (χ0n) is 12.8. The Morgan fingerprint density at radius 1 is 1.05 bits per heavy atom. The van der Waals surface area contributed by atoms with Gasteiger partial charge in [0.25, 0.3) is 0 Å². The fourth-order valence-corrected chi connectivity index (χ4v) is 2.17. The van der Waals surface area contributed by atoms with Crippen molar-refractivity contribution >= 4 is 0 Å². The predicted molar refractivity (Wildman–Crippen MR) is 84.3 cm³/mol. The minimum absolute atomic E-state index is 0.340. The van der Waals surface area contributed by atoms with E-state index in [9.17, 15) is 0 Å². The maximum absolute atomic E-state index is 6.07. The van der Waals surface area contributed by atoms with Crippen molar-refractivity contribution < 1.29 is 0 Å². The maximum atomic E-state index is 6.07. The summed E-state index contributed by atoms with van der Waals surface area (Å²) in [6, 6.07) is 11.1. The van der Waals surface area contributed by atoms with Crippen LogP contribution >= 0.6 is 0 Å². The summed E-state index contributed by atoms with van der Waals surface area (Å²) in [6.45, 7) is 6.69. The second kappa shape index (κ2) is 9.11. The van der Waals surface area contributed by atoms with Gasteiger partial charge in [0.1, 0.15) is 0 Å². The van der Waals surface area contributed by atoms with Gasteiger partial charge in [0.2, 0.25) is 0 Å². The van der Waals surface area contributed by atoms with Crippen molar-refractivity contribution in [2.75, 3.05) is 20.1 Å². The van der Waals surface area contributed by atoms with Crippen molar-refractivity contribution in [2.45, 2.75) is 45.6 Å². The molecule has 0 aliphatic heterocycles. The van der Waals surface area contributed by atoms with Crippen LogP contribution in [0, 0.1) is 5.92 Å². The first-order chi connectivity index (χ1) is 9.09. The molecule has 19 heavy (non-hydrogen) atoms. The average Bonchev–Trinajstić information content (AvgIpc) is 2.42. The summed E-state index contributed by atoms with van der Waals surface area (Å²) < 4.78 is 0.